The van der Waals surface area contributed by atoms with Gasteiger partial charge in [0.15, 0.2) is 0 Å². The summed E-state index contributed by atoms with van der Waals surface area (Å²) in [4.78, 5) is 15.2. The number of nitrogens with one attached hydrogen (secondary N) is 1. The first-order chi connectivity index (χ1) is 15.4. The Morgan fingerprint density at radius 2 is 1.88 bits per heavy atom. The number of carbonyl (C=O) groups is 1. The lowest BCUT2D eigenvalue weighted by molar-refractivity contribution is 0.0162. The fraction of sp³-hybridized carbons (Fsp3) is 0.304. The molecule has 1 saturated heterocycles. The summed E-state index contributed by atoms with van der Waals surface area (Å²) in [5, 5.41) is 7.07. The van der Waals surface area contributed by atoms with Gasteiger partial charge in [-0.1, -0.05) is 12.1 Å². The molecule has 1 aliphatic heterocycles. The molecule has 0 saturated carbocycles. The number of carbonyl (C=O) groups excluding carboxylic acids is 1. The molecule has 0 aliphatic carbocycles. The third-order valence-electron chi connectivity index (χ3n) is 5.44. The summed E-state index contributed by atoms with van der Waals surface area (Å²) in [6, 6.07) is 9.15. The van der Waals surface area contributed by atoms with Crippen LogP contribution in [-0.2, 0) is 11.8 Å². The number of amides is 1. The van der Waals surface area contributed by atoms with E-state index in [0.29, 0.717) is 26.3 Å². The standard InChI is InChI=1S/C23H23F3N4O2/c1-29-14-19(22(28-29)18-6-5-17(25)12-20(18)26)23(31)27-13-21(30-7-9-32-10-8-30)15-3-2-4-16(24)11-15/h2-6,11-12,14,21H,7-10,13H2,1H3,(H,27,31). The zero-order valence-corrected chi connectivity index (χ0v) is 17.5. The van der Waals surface area contributed by atoms with E-state index in [0.717, 1.165) is 17.7 Å². The van der Waals surface area contributed by atoms with Crippen LogP contribution in [0.1, 0.15) is 22.0 Å². The van der Waals surface area contributed by atoms with E-state index >= 15 is 0 Å². The van der Waals surface area contributed by atoms with Gasteiger partial charge in [0.05, 0.1) is 24.8 Å². The molecule has 1 unspecified atom stereocenters. The van der Waals surface area contributed by atoms with Crippen LogP contribution in [0.4, 0.5) is 13.2 Å². The molecule has 2 aromatic carbocycles. The van der Waals surface area contributed by atoms with Gasteiger partial charge in [-0.25, -0.2) is 13.2 Å². The second kappa shape index (κ2) is 9.54. The van der Waals surface area contributed by atoms with Crippen molar-refractivity contribution in [3.8, 4) is 11.3 Å². The molecule has 0 spiro atoms. The van der Waals surface area contributed by atoms with Crippen molar-refractivity contribution in [3.05, 3.63) is 77.2 Å². The predicted octanol–water partition coefficient (Wildman–Crippen LogP) is 3.31. The second-order valence-electron chi connectivity index (χ2n) is 7.62. The quantitative estimate of drug-likeness (QED) is 0.634. The van der Waals surface area contributed by atoms with Gasteiger partial charge in [0.25, 0.3) is 5.91 Å². The lowest BCUT2D eigenvalue weighted by Crippen LogP contribution is -2.43. The Bertz CT molecular complexity index is 1110. The maximum absolute atomic E-state index is 14.3. The molecular formula is C23H23F3N4O2. The highest BCUT2D eigenvalue weighted by molar-refractivity contribution is 5.99. The zero-order chi connectivity index (χ0) is 22.7. The summed E-state index contributed by atoms with van der Waals surface area (Å²) in [5.41, 5.74) is 1.06. The number of hydrogen-bond acceptors (Lipinski definition) is 4. The Hall–Kier alpha value is -3.17. The minimum Gasteiger partial charge on any atom is -0.379 e. The lowest BCUT2D eigenvalue weighted by atomic mass is 10.0. The van der Waals surface area contributed by atoms with Crippen LogP contribution in [0.15, 0.2) is 48.7 Å². The molecule has 1 N–H and O–H groups in total. The van der Waals surface area contributed by atoms with Crippen molar-refractivity contribution >= 4 is 5.91 Å². The number of halogens is 3. The van der Waals surface area contributed by atoms with E-state index in [-0.39, 0.29) is 35.2 Å². The molecule has 9 heteroatoms. The van der Waals surface area contributed by atoms with E-state index in [1.54, 1.807) is 13.1 Å². The first-order valence-corrected chi connectivity index (χ1v) is 10.3. The molecule has 6 nitrogen and oxygen atoms in total. The van der Waals surface area contributed by atoms with E-state index < -0.39 is 17.5 Å². The summed E-state index contributed by atoms with van der Waals surface area (Å²) in [7, 11) is 1.62. The SMILES string of the molecule is Cn1cc(C(=O)NCC(c2cccc(F)c2)N2CCOCC2)c(-c2ccc(F)cc2F)n1. The normalized spacial score (nSPS) is 15.5. The van der Waals surface area contributed by atoms with Gasteiger partial charge in [0, 0.05) is 44.5 Å². The van der Waals surface area contributed by atoms with Crippen molar-refractivity contribution in [2.75, 3.05) is 32.8 Å². The van der Waals surface area contributed by atoms with Gasteiger partial charge in [-0.05, 0) is 29.8 Å². The van der Waals surface area contributed by atoms with Gasteiger partial charge in [-0.15, -0.1) is 0 Å². The zero-order valence-electron chi connectivity index (χ0n) is 17.5. The van der Waals surface area contributed by atoms with Gasteiger partial charge in [0.1, 0.15) is 23.1 Å². The highest BCUT2D eigenvalue weighted by Gasteiger charge is 2.25. The molecule has 0 radical (unpaired) electrons. The Morgan fingerprint density at radius 3 is 2.59 bits per heavy atom. The first-order valence-electron chi connectivity index (χ1n) is 10.3. The van der Waals surface area contributed by atoms with Crippen molar-refractivity contribution in [3.63, 3.8) is 0 Å². The van der Waals surface area contributed by atoms with Crippen LogP contribution < -0.4 is 5.32 Å². The van der Waals surface area contributed by atoms with E-state index in [1.165, 1.54) is 29.1 Å². The van der Waals surface area contributed by atoms with Crippen molar-refractivity contribution < 1.29 is 22.7 Å². The van der Waals surface area contributed by atoms with Gasteiger partial charge in [-0.2, -0.15) is 5.10 Å². The van der Waals surface area contributed by atoms with E-state index in [4.69, 9.17) is 4.74 Å². The van der Waals surface area contributed by atoms with Crippen LogP contribution in [0, 0.1) is 17.5 Å². The molecule has 1 amide bonds. The number of aryl methyl sites for hydroxylation is 1. The Morgan fingerprint density at radius 1 is 1.12 bits per heavy atom. The van der Waals surface area contributed by atoms with Crippen LogP contribution in [0.5, 0.6) is 0 Å². The number of nitrogens with zero attached hydrogens (tertiary/aromatic N) is 3. The van der Waals surface area contributed by atoms with E-state index in [2.05, 4.69) is 15.3 Å². The van der Waals surface area contributed by atoms with E-state index in [1.807, 2.05) is 6.07 Å². The minimum absolute atomic E-state index is 0.0343. The smallest absolute Gasteiger partial charge is 0.255 e. The second-order valence-corrected chi connectivity index (χ2v) is 7.62. The summed E-state index contributed by atoms with van der Waals surface area (Å²) >= 11 is 0. The highest BCUT2D eigenvalue weighted by atomic mass is 19.1. The molecule has 32 heavy (non-hydrogen) atoms. The number of aromatic nitrogens is 2. The fourth-order valence-electron chi connectivity index (χ4n) is 3.88. The van der Waals surface area contributed by atoms with Crippen LogP contribution in [-0.4, -0.2) is 53.4 Å². The van der Waals surface area contributed by atoms with Crippen LogP contribution in [0.2, 0.25) is 0 Å². The number of rotatable bonds is 6. The summed E-state index contributed by atoms with van der Waals surface area (Å²) in [6.07, 6.45) is 1.49. The first kappa shape index (κ1) is 22.0. The summed E-state index contributed by atoms with van der Waals surface area (Å²) < 4.78 is 48.3. The molecule has 1 atom stereocenters. The topological polar surface area (TPSA) is 59.4 Å². The molecule has 4 rings (SSSR count). The molecule has 3 aromatic rings. The Kier molecular flexibility index (Phi) is 6.57. The molecule has 1 aromatic heterocycles. The molecular weight excluding hydrogens is 421 g/mol. The third kappa shape index (κ3) is 4.84. The third-order valence-corrected chi connectivity index (χ3v) is 5.44. The van der Waals surface area contributed by atoms with Crippen LogP contribution >= 0.6 is 0 Å². The fourth-order valence-corrected chi connectivity index (χ4v) is 3.88. The van der Waals surface area contributed by atoms with Crippen molar-refractivity contribution in [2.24, 2.45) is 7.05 Å². The average molecular weight is 444 g/mol. The predicted molar refractivity (Wildman–Crippen MR) is 112 cm³/mol. The maximum atomic E-state index is 14.3. The van der Waals surface area contributed by atoms with Gasteiger partial charge < -0.3 is 10.1 Å². The molecule has 168 valence electrons. The van der Waals surface area contributed by atoms with Gasteiger partial charge in [-0.3, -0.25) is 14.4 Å². The van der Waals surface area contributed by atoms with Crippen LogP contribution in [0.3, 0.4) is 0 Å². The van der Waals surface area contributed by atoms with Gasteiger partial charge >= 0.3 is 0 Å². The van der Waals surface area contributed by atoms with Crippen molar-refractivity contribution in [1.29, 1.82) is 0 Å². The summed E-state index contributed by atoms with van der Waals surface area (Å²) in [5.74, 6) is -2.32. The molecule has 2 heterocycles. The number of morpholine rings is 1. The molecule has 0 bridgehead atoms. The van der Waals surface area contributed by atoms with Crippen molar-refractivity contribution in [2.45, 2.75) is 6.04 Å². The Balaban J connectivity index is 1.57. The highest BCUT2D eigenvalue weighted by Crippen LogP contribution is 2.26. The maximum Gasteiger partial charge on any atom is 0.255 e. The summed E-state index contributed by atoms with van der Waals surface area (Å²) in [6.45, 7) is 2.61. The van der Waals surface area contributed by atoms with Crippen LogP contribution in [0.25, 0.3) is 11.3 Å². The monoisotopic (exact) mass is 444 g/mol. The average Bonchev–Trinajstić information content (AvgIpc) is 3.16. The van der Waals surface area contributed by atoms with E-state index in [9.17, 15) is 18.0 Å². The number of hydrogen-bond donors (Lipinski definition) is 1. The molecule has 1 aliphatic rings. The molecule has 1 fully saturated rings. The lowest BCUT2D eigenvalue weighted by Gasteiger charge is -2.35. The largest absolute Gasteiger partial charge is 0.379 e. The Labute approximate surface area is 183 Å². The number of ether oxygens (including phenoxy) is 1. The van der Waals surface area contributed by atoms with Crippen molar-refractivity contribution in [1.82, 2.24) is 20.0 Å². The number of benzene rings is 2. The minimum atomic E-state index is -0.802. The van der Waals surface area contributed by atoms with Gasteiger partial charge in [0.2, 0.25) is 0 Å².